The average Bonchev–Trinajstić information content (AvgIpc) is 2.34. The van der Waals surface area contributed by atoms with Crippen molar-refractivity contribution in [3.8, 4) is 6.01 Å². The summed E-state index contributed by atoms with van der Waals surface area (Å²) in [6, 6.07) is 0.466. The Morgan fingerprint density at radius 2 is 1.84 bits per heavy atom. The molecule has 0 radical (unpaired) electrons. The minimum Gasteiger partial charge on any atom is -0.463 e. The molecule has 0 spiro atoms. The molecule has 19 heavy (non-hydrogen) atoms. The molecule has 1 atom stereocenters. The Labute approximate surface area is 114 Å². The Hall–Kier alpha value is -1.63. The molecule has 0 aromatic carbocycles. The van der Waals surface area contributed by atoms with Crippen molar-refractivity contribution < 1.29 is 4.74 Å². The van der Waals surface area contributed by atoms with Crippen LogP contribution in [0.5, 0.6) is 6.01 Å². The van der Waals surface area contributed by atoms with Gasteiger partial charge in [0.2, 0.25) is 11.9 Å². The lowest BCUT2D eigenvalue weighted by Gasteiger charge is -2.28. The second-order valence-electron chi connectivity index (χ2n) is 5.49. The maximum atomic E-state index is 5.41. The lowest BCUT2D eigenvalue weighted by atomic mass is 9.88. The van der Waals surface area contributed by atoms with Gasteiger partial charge in [-0.2, -0.15) is 15.0 Å². The van der Waals surface area contributed by atoms with Crippen LogP contribution in [0.2, 0.25) is 0 Å². The number of ether oxygens (including phenoxy) is 1. The summed E-state index contributed by atoms with van der Waals surface area (Å²) in [5.41, 5.74) is 2.50. The number of hydrogen-bond acceptors (Lipinski definition) is 7. The molecule has 0 bridgehead atoms. The van der Waals surface area contributed by atoms with Crippen LogP contribution in [0.1, 0.15) is 41.0 Å². The van der Waals surface area contributed by atoms with Crippen LogP contribution in [0.25, 0.3) is 0 Å². The molecule has 0 saturated heterocycles. The van der Waals surface area contributed by atoms with Gasteiger partial charge in [-0.1, -0.05) is 27.7 Å². The summed E-state index contributed by atoms with van der Waals surface area (Å²) in [6.07, 6.45) is 0.887. The van der Waals surface area contributed by atoms with Gasteiger partial charge in [-0.05, 0) is 18.8 Å². The zero-order valence-corrected chi connectivity index (χ0v) is 12.3. The molecule has 7 nitrogen and oxygen atoms in total. The third-order valence-electron chi connectivity index (χ3n) is 2.82. The first-order valence-corrected chi connectivity index (χ1v) is 6.48. The fourth-order valence-corrected chi connectivity index (χ4v) is 1.15. The number of hydrogen-bond donors (Lipinski definition) is 3. The number of hydrazine groups is 1. The van der Waals surface area contributed by atoms with Gasteiger partial charge in [-0.3, -0.25) is 5.43 Å². The van der Waals surface area contributed by atoms with Crippen LogP contribution in [0.4, 0.5) is 11.9 Å². The van der Waals surface area contributed by atoms with E-state index < -0.39 is 0 Å². The molecule has 0 fully saturated rings. The van der Waals surface area contributed by atoms with E-state index in [1.807, 2.05) is 6.92 Å². The molecular weight excluding hydrogens is 244 g/mol. The predicted molar refractivity (Wildman–Crippen MR) is 76.0 cm³/mol. The lowest BCUT2D eigenvalue weighted by molar-refractivity contribution is 0.291. The van der Waals surface area contributed by atoms with Crippen LogP contribution in [-0.4, -0.2) is 27.6 Å². The van der Waals surface area contributed by atoms with Crippen LogP contribution in [-0.2, 0) is 0 Å². The standard InChI is InChI=1S/C12H24N6O/c1-6-7-19-11-16-9(15-10(17-11)18-13)14-8(2)12(3,4)5/h8H,6-7,13H2,1-5H3,(H2,14,15,16,17,18). The van der Waals surface area contributed by atoms with Gasteiger partial charge in [0.1, 0.15) is 0 Å². The van der Waals surface area contributed by atoms with E-state index in [2.05, 4.69) is 53.4 Å². The molecule has 1 heterocycles. The lowest BCUT2D eigenvalue weighted by Crippen LogP contribution is -2.31. The third kappa shape index (κ3) is 4.86. The molecule has 0 aliphatic heterocycles. The molecule has 4 N–H and O–H groups in total. The van der Waals surface area contributed by atoms with Crippen molar-refractivity contribution >= 4 is 11.9 Å². The van der Waals surface area contributed by atoms with Crippen LogP contribution in [0, 0.1) is 5.41 Å². The first kappa shape index (κ1) is 15.4. The first-order chi connectivity index (χ1) is 8.86. The van der Waals surface area contributed by atoms with Crippen LogP contribution in [0.3, 0.4) is 0 Å². The predicted octanol–water partition coefficient (Wildman–Crippen LogP) is 1.79. The summed E-state index contributed by atoms with van der Waals surface area (Å²) in [5, 5.41) is 3.24. The quantitative estimate of drug-likeness (QED) is 0.534. The van der Waals surface area contributed by atoms with Crippen molar-refractivity contribution in [3.63, 3.8) is 0 Å². The van der Waals surface area contributed by atoms with Crippen molar-refractivity contribution in [2.45, 2.75) is 47.1 Å². The third-order valence-corrected chi connectivity index (χ3v) is 2.82. The molecule has 1 aromatic heterocycles. The molecule has 0 amide bonds. The summed E-state index contributed by atoms with van der Waals surface area (Å²) >= 11 is 0. The largest absolute Gasteiger partial charge is 0.463 e. The number of rotatable bonds is 6. The molecule has 0 aliphatic rings. The van der Waals surface area contributed by atoms with E-state index in [1.165, 1.54) is 0 Å². The van der Waals surface area contributed by atoms with Crippen LogP contribution < -0.4 is 21.3 Å². The molecule has 1 unspecified atom stereocenters. The molecule has 0 saturated carbocycles. The minimum absolute atomic E-state index is 0.0907. The van der Waals surface area contributed by atoms with E-state index in [9.17, 15) is 0 Å². The maximum Gasteiger partial charge on any atom is 0.323 e. The molecule has 1 aromatic rings. The number of anilines is 2. The maximum absolute atomic E-state index is 5.41. The highest BCUT2D eigenvalue weighted by Crippen LogP contribution is 2.22. The van der Waals surface area contributed by atoms with Crippen molar-refractivity contribution in [3.05, 3.63) is 0 Å². The highest BCUT2D eigenvalue weighted by Gasteiger charge is 2.21. The Balaban J connectivity index is 2.87. The fourth-order valence-electron chi connectivity index (χ4n) is 1.15. The van der Waals surface area contributed by atoms with Gasteiger partial charge in [-0.15, -0.1) is 0 Å². The molecule has 7 heteroatoms. The normalized spacial score (nSPS) is 12.9. The summed E-state index contributed by atoms with van der Waals surface area (Å²) in [4.78, 5) is 12.4. The molecular formula is C12H24N6O. The highest BCUT2D eigenvalue weighted by molar-refractivity contribution is 5.35. The van der Waals surface area contributed by atoms with E-state index in [1.54, 1.807) is 0 Å². The minimum atomic E-state index is 0.0907. The molecule has 1 rings (SSSR count). The Morgan fingerprint density at radius 3 is 2.37 bits per heavy atom. The zero-order chi connectivity index (χ0) is 14.5. The van der Waals surface area contributed by atoms with Gasteiger partial charge in [0.05, 0.1) is 6.61 Å². The number of nitrogens with zero attached hydrogens (tertiary/aromatic N) is 3. The second-order valence-corrected chi connectivity index (χ2v) is 5.49. The van der Waals surface area contributed by atoms with Gasteiger partial charge in [-0.25, -0.2) is 5.84 Å². The van der Waals surface area contributed by atoms with E-state index >= 15 is 0 Å². The van der Waals surface area contributed by atoms with Gasteiger partial charge < -0.3 is 10.1 Å². The SMILES string of the molecule is CCCOc1nc(NN)nc(NC(C)C(C)(C)C)n1. The summed E-state index contributed by atoms with van der Waals surface area (Å²) < 4.78 is 5.41. The van der Waals surface area contributed by atoms with Gasteiger partial charge in [0.15, 0.2) is 0 Å². The van der Waals surface area contributed by atoms with Crippen molar-refractivity contribution in [1.29, 1.82) is 0 Å². The van der Waals surface area contributed by atoms with Crippen molar-refractivity contribution in [1.82, 2.24) is 15.0 Å². The van der Waals surface area contributed by atoms with E-state index in [-0.39, 0.29) is 23.4 Å². The van der Waals surface area contributed by atoms with E-state index in [0.717, 1.165) is 6.42 Å². The number of nitrogens with one attached hydrogen (secondary N) is 2. The first-order valence-electron chi connectivity index (χ1n) is 6.48. The summed E-state index contributed by atoms with van der Waals surface area (Å²) in [7, 11) is 0. The van der Waals surface area contributed by atoms with Crippen LogP contribution in [0.15, 0.2) is 0 Å². The van der Waals surface area contributed by atoms with Crippen molar-refractivity contribution in [2.75, 3.05) is 17.3 Å². The second kappa shape index (κ2) is 6.51. The zero-order valence-electron chi connectivity index (χ0n) is 12.3. The smallest absolute Gasteiger partial charge is 0.323 e. The van der Waals surface area contributed by atoms with Gasteiger partial charge >= 0.3 is 6.01 Å². The van der Waals surface area contributed by atoms with Gasteiger partial charge in [0.25, 0.3) is 0 Å². The monoisotopic (exact) mass is 268 g/mol. The highest BCUT2D eigenvalue weighted by atomic mass is 16.5. The van der Waals surface area contributed by atoms with Crippen LogP contribution >= 0.6 is 0 Å². The number of aromatic nitrogens is 3. The van der Waals surface area contributed by atoms with E-state index in [0.29, 0.717) is 12.6 Å². The number of nitrogens with two attached hydrogens (primary N) is 1. The Bertz CT molecular complexity index is 404. The summed E-state index contributed by atoms with van der Waals surface area (Å²) in [5.74, 6) is 6.08. The Morgan fingerprint density at radius 1 is 1.21 bits per heavy atom. The van der Waals surface area contributed by atoms with Gasteiger partial charge in [0, 0.05) is 6.04 Å². The Kier molecular flexibility index (Phi) is 5.29. The molecule has 108 valence electrons. The van der Waals surface area contributed by atoms with Crippen molar-refractivity contribution in [2.24, 2.45) is 11.3 Å². The van der Waals surface area contributed by atoms with E-state index in [4.69, 9.17) is 10.6 Å². The average molecular weight is 268 g/mol. The number of nitrogen functional groups attached to an aromatic ring is 1. The molecule has 0 aliphatic carbocycles. The fraction of sp³-hybridized carbons (Fsp3) is 0.750. The summed E-state index contributed by atoms with van der Waals surface area (Å²) in [6.45, 7) is 11.1. The topological polar surface area (TPSA) is 98.0 Å².